The summed E-state index contributed by atoms with van der Waals surface area (Å²) in [6.45, 7) is 0.102. The molecule has 1 aliphatic heterocycles. The van der Waals surface area contributed by atoms with Crippen molar-refractivity contribution in [2.75, 3.05) is 24.6 Å². The zero-order chi connectivity index (χ0) is 25.6. The Morgan fingerprint density at radius 1 is 1.09 bits per heavy atom. The van der Waals surface area contributed by atoms with Crippen LogP contribution in [0, 0.1) is 16.0 Å². The lowest BCUT2D eigenvalue weighted by Crippen LogP contribution is -2.44. The zero-order valence-corrected chi connectivity index (χ0v) is 18.1. The van der Waals surface area contributed by atoms with E-state index in [1.165, 1.54) is 18.2 Å². The number of benzene rings is 1. The Morgan fingerprint density at radius 3 is 2.29 bits per heavy atom. The van der Waals surface area contributed by atoms with Crippen molar-refractivity contribution in [3.63, 3.8) is 0 Å². The fraction of sp³-hybridized carbons (Fsp3) is 0.333. The van der Waals surface area contributed by atoms with E-state index in [0.717, 1.165) is 24.4 Å². The number of non-ortho nitro benzene ring substituents is 1. The van der Waals surface area contributed by atoms with Crippen molar-refractivity contribution in [3.05, 3.63) is 63.8 Å². The summed E-state index contributed by atoms with van der Waals surface area (Å²) in [5.74, 6) is -2.25. The number of rotatable bonds is 6. The number of nitrogens with zero attached hydrogens (tertiary/aromatic N) is 3. The highest BCUT2D eigenvalue weighted by Crippen LogP contribution is 2.30. The van der Waals surface area contributed by atoms with E-state index in [1.807, 2.05) is 0 Å². The van der Waals surface area contributed by atoms with Gasteiger partial charge >= 0.3 is 12.1 Å². The molecule has 1 aromatic heterocycles. The smallest absolute Gasteiger partial charge is 0.417 e. The van der Waals surface area contributed by atoms with Crippen molar-refractivity contribution in [1.29, 1.82) is 0 Å². The molecule has 2 amide bonds. The molecule has 0 saturated carbocycles. The fourth-order valence-electron chi connectivity index (χ4n) is 3.31. The summed E-state index contributed by atoms with van der Waals surface area (Å²) in [4.78, 5) is 51.7. The number of ether oxygens (including phenoxy) is 1. The van der Waals surface area contributed by atoms with Crippen LogP contribution >= 0.6 is 0 Å². The van der Waals surface area contributed by atoms with Crippen LogP contribution in [0.1, 0.15) is 28.8 Å². The quantitative estimate of drug-likeness (QED) is 0.353. The van der Waals surface area contributed by atoms with Crippen LogP contribution in [0.3, 0.4) is 0 Å². The number of amides is 2. The van der Waals surface area contributed by atoms with Crippen LogP contribution in [0.5, 0.6) is 0 Å². The highest BCUT2D eigenvalue weighted by atomic mass is 19.4. The SMILES string of the molecule is O=C(COC(=O)C1CCN(c2ccc(C(F)(F)F)cn2)CC1)NNC(=O)c1ccc([N+](=O)[O-])cc1. The second-order valence-electron chi connectivity index (χ2n) is 7.58. The molecular formula is C21H20F3N5O6. The van der Waals surface area contributed by atoms with Crippen molar-refractivity contribution in [2.45, 2.75) is 19.0 Å². The largest absolute Gasteiger partial charge is 0.455 e. The Hall–Kier alpha value is -4.23. The maximum Gasteiger partial charge on any atom is 0.417 e. The minimum absolute atomic E-state index is 0.0715. The molecule has 186 valence electrons. The summed E-state index contributed by atoms with van der Waals surface area (Å²) in [5.41, 5.74) is 3.21. The van der Waals surface area contributed by atoms with Crippen LogP contribution in [-0.2, 0) is 20.5 Å². The van der Waals surface area contributed by atoms with Gasteiger partial charge in [0.05, 0.1) is 16.4 Å². The average molecular weight is 495 g/mol. The first-order valence-corrected chi connectivity index (χ1v) is 10.3. The van der Waals surface area contributed by atoms with E-state index in [-0.39, 0.29) is 11.3 Å². The number of piperidine rings is 1. The number of nitro groups is 1. The van der Waals surface area contributed by atoms with Gasteiger partial charge in [-0.05, 0) is 37.1 Å². The Balaban J connectivity index is 1.38. The van der Waals surface area contributed by atoms with Gasteiger partial charge in [0.2, 0.25) is 0 Å². The lowest BCUT2D eigenvalue weighted by atomic mass is 9.97. The number of carbonyl (C=O) groups is 3. The van der Waals surface area contributed by atoms with Crippen LogP contribution in [0.2, 0.25) is 0 Å². The minimum Gasteiger partial charge on any atom is -0.455 e. The van der Waals surface area contributed by atoms with E-state index in [2.05, 4.69) is 15.8 Å². The number of carbonyl (C=O) groups excluding carboxylic acids is 3. The summed E-state index contributed by atoms with van der Waals surface area (Å²) in [6, 6.07) is 6.92. The third-order valence-electron chi connectivity index (χ3n) is 5.23. The molecule has 2 aromatic rings. The molecule has 1 saturated heterocycles. The van der Waals surface area contributed by atoms with E-state index >= 15 is 0 Å². The van der Waals surface area contributed by atoms with Gasteiger partial charge in [0.15, 0.2) is 6.61 Å². The summed E-state index contributed by atoms with van der Waals surface area (Å²) in [6.07, 6.45) is -2.99. The molecule has 0 radical (unpaired) electrons. The second kappa shape index (κ2) is 10.8. The average Bonchev–Trinajstić information content (AvgIpc) is 2.85. The van der Waals surface area contributed by atoms with Crippen LogP contribution < -0.4 is 15.8 Å². The van der Waals surface area contributed by atoms with Gasteiger partial charge in [-0.15, -0.1) is 0 Å². The van der Waals surface area contributed by atoms with Crippen LogP contribution in [0.25, 0.3) is 0 Å². The van der Waals surface area contributed by atoms with E-state index in [9.17, 15) is 37.7 Å². The summed E-state index contributed by atoms with van der Waals surface area (Å²) >= 11 is 0. The lowest BCUT2D eigenvalue weighted by molar-refractivity contribution is -0.384. The standard InChI is InChI=1S/C21H20F3N5O6/c22-21(23,24)15-3-6-17(25-11-15)28-9-7-14(8-10-28)20(32)35-12-18(30)26-27-19(31)13-1-4-16(5-2-13)29(33)34/h1-6,11,14H,7-10,12H2,(H,26,30)(H,27,31). The molecule has 1 aliphatic rings. The maximum atomic E-state index is 12.7. The first-order valence-electron chi connectivity index (χ1n) is 10.3. The monoisotopic (exact) mass is 495 g/mol. The van der Waals surface area contributed by atoms with E-state index in [1.54, 1.807) is 4.90 Å². The predicted octanol–water partition coefficient (Wildman–Crippen LogP) is 2.23. The van der Waals surface area contributed by atoms with Crippen molar-refractivity contribution in [2.24, 2.45) is 5.92 Å². The molecule has 3 rings (SSSR count). The van der Waals surface area contributed by atoms with E-state index < -0.39 is 47.0 Å². The summed E-state index contributed by atoms with van der Waals surface area (Å²) in [5, 5.41) is 10.6. The number of hydrogen-bond donors (Lipinski definition) is 2. The third kappa shape index (κ3) is 6.88. The molecule has 0 atom stereocenters. The van der Waals surface area contributed by atoms with E-state index in [4.69, 9.17) is 4.74 Å². The Morgan fingerprint density at radius 2 is 1.74 bits per heavy atom. The van der Waals surface area contributed by atoms with Gasteiger partial charge in [0.1, 0.15) is 5.82 Å². The number of halogens is 3. The Labute approximate surface area is 196 Å². The normalized spacial score (nSPS) is 14.2. The van der Waals surface area contributed by atoms with Crippen molar-refractivity contribution in [3.8, 4) is 0 Å². The van der Waals surface area contributed by atoms with Crippen molar-refractivity contribution < 1.29 is 37.2 Å². The van der Waals surface area contributed by atoms with Crippen molar-refractivity contribution in [1.82, 2.24) is 15.8 Å². The fourth-order valence-corrected chi connectivity index (χ4v) is 3.31. The van der Waals surface area contributed by atoms with Gasteiger partial charge in [0.25, 0.3) is 17.5 Å². The first-order chi connectivity index (χ1) is 16.5. The number of alkyl halides is 3. The van der Waals surface area contributed by atoms with Gasteiger partial charge in [-0.2, -0.15) is 13.2 Å². The summed E-state index contributed by atoms with van der Waals surface area (Å²) in [7, 11) is 0. The number of nitrogens with one attached hydrogen (secondary N) is 2. The molecule has 0 bridgehead atoms. The Kier molecular flexibility index (Phi) is 7.83. The molecule has 1 aromatic carbocycles. The summed E-state index contributed by atoms with van der Waals surface area (Å²) < 4.78 is 43.0. The molecule has 2 heterocycles. The molecule has 0 unspecified atom stereocenters. The first kappa shape index (κ1) is 25.4. The van der Waals surface area contributed by atoms with Gasteiger partial charge in [-0.3, -0.25) is 35.3 Å². The predicted molar refractivity (Wildman–Crippen MR) is 114 cm³/mol. The zero-order valence-electron chi connectivity index (χ0n) is 18.1. The number of nitro benzene ring substituents is 1. The van der Waals surface area contributed by atoms with E-state index in [0.29, 0.717) is 31.7 Å². The maximum absolute atomic E-state index is 12.7. The highest BCUT2D eigenvalue weighted by Gasteiger charge is 2.32. The molecule has 1 fully saturated rings. The van der Waals surface area contributed by atoms with Crippen molar-refractivity contribution >= 4 is 29.3 Å². The molecule has 0 spiro atoms. The second-order valence-corrected chi connectivity index (χ2v) is 7.58. The molecule has 2 N–H and O–H groups in total. The molecule has 11 nitrogen and oxygen atoms in total. The molecule has 0 aliphatic carbocycles. The molecular weight excluding hydrogens is 475 g/mol. The van der Waals surface area contributed by atoms with Gasteiger partial charge in [-0.1, -0.05) is 0 Å². The van der Waals surface area contributed by atoms with Crippen LogP contribution in [0.4, 0.5) is 24.7 Å². The highest BCUT2D eigenvalue weighted by molar-refractivity contribution is 5.95. The topological polar surface area (TPSA) is 144 Å². The van der Waals surface area contributed by atoms with Gasteiger partial charge in [-0.25, -0.2) is 4.98 Å². The number of esters is 1. The number of anilines is 1. The van der Waals surface area contributed by atoms with Crippen LogP contribution in [0.15, 0.2) is 42.6 Å². The van der Waals surface area contributed by atoms with Crippen LogP contribution in [-0.4, -0.2) is 47.4 Å². The minimum atomic E-state index is -4.47. The van der Waals surface area contributed by atoms with Gasteiger partial charge < -0.3 is 9.64 Å². The number of hydrazine groups is 1. The van der Waals surface area contributed by atoms with Gasteiger partial charge in [0, 0.05) is 37.0 Å². The molecule has 14 heteroatoms. The number of aromatic nitrogens is 1. The molecule has 35 heavy (non-hydrogen) atoms. The number of pyridine rings is 1. The third-order valence-corrected chi connectivity index (χ3v) is 5.23. The lowest BCUT2D eigenvalue weighted by Gasteiger charge is -2.31. The Bertz CT molecular complexity index is 1080. The number of hydrogen-bond acceptors (Lipinski definition) is 8.